The van der Waals surface area contributed by atoms with E-state index in [4.69, 9.17) is 5.11 Å². The van der Waals surface area contributed by atoms with Crippen LogP contribution in [0.1, 0.15) is 86.3 Å². The summed E-state index contributed by atoms with van der Waals surface area (Å²) in [7, 11) is -6.79. The highest BCUT2D eigenvalue weighted by Gasteiger charge is 2.17. The number of carbonyl (C=O) groups is 2. The van der Waals surface area contributed by atoms with Crippen LogP contribution in [0.25, 0.3) is 0 Å². The van der Waals surface area contributed by atoms with Crippen molar-refractivity contribution in [2.45, 2.75) is 87.0 Å². The van der Waals surface area contributed by atoms with Crippen molar-refractivity contribution in [3.63, 3.8) is 0 Å². The topological polar surface area (TPSA) is 135 Å². The van der Waals surface area contributed by atoms with Gasteiger partial charge in [0, 0.05) is 6.54 Å². The van der Waals surface area contributed by atoms with Crippen LogP contribution in [0.4, 0.5) is 0 Å². The van der Waals surface area contributed by atoms with Gasteiger partial charge in [-0.25, -0.2) is 16.8 Å². The van der Waals surface area contributed by atoms with Gasteiger partial charge in [0.1, 0.15) is 0 Å². The number of carbonyl (C=O) groups excluding carboxylic acids is 1. The molecule has 4 aromatic rings. The van der Waals surface area contributed by atoms with Gasteiger partial charge in [-0.15, -0.1) is 0 Å². The fraction of sp³-hybridized carbons (Fsp3) is 0.333. The van der Waals surface area contributed by atoms with Gasteiger partial charge in [-0.3, -0.25) is 9.59 Å². The summed E-state index contributed by atoms with van der Waals surface area (Å²) in [4.78, 5) is 23.0. The second kappa shape index (κ2) is 17.9. The van der Waals surface area contributed by atoms with Gasteiger partial charge < -0.3 is 10.4 Å². The Hall–Kier alpha value is -4.28. The van der Waals surface area contributed by atoms with Crippen LogP contribution in [0.3, 0.4) is 0 Å². The lowest BCUT2D eigenvalue weighted by Gasteiger charge is -2.09. The minimum Gasteiger partial charge on any atom is -0.481 e. The van der Waals surface area contributed by atoms with Crippen molar-refractivity contribution in [2.75, 3.05) is 6.54 Å². The summed E-state index contributed by atoms with van der Waals surface area (Å²) in [5.41, 5.74) is 5.11. The number of rotatable bonds is 14. The molecule has 0 heterocycles. The molecule has 0 unspecified atom stereocenters. The van der Waals surface area contributed by atoms with E-state index in [1.54, 1.807) is 60.7 Å². The Morgan fingerprint density at radius 1 is 0.571 bits per heavy atom. The number of amides is 1. The van der Waals surface area contributed by atoms with Gasteiger partial charge in [0.15, 0.2) is 19.7 Å². The smallest absolute Gasteiger partial charge is 0.307 e. The number of carboxylic acid groups (broad SMARTS) is 1. The fourth-order valence-corrected chi connectivity index (χ4v) is 7.62. The Labute approximate surface area is 291 Å². The van der Waals surface area contributed by atoms with Gasteiger partial charge >= 0.3 is 5.97 Å². The third-order valence-electron chi connectivity index (χ3n) is 7.86. The number of nitrogens with one attached hydrogen (secondary N) is 1. The lowest BCUT2D eigenvalue weighted by Crippen LogP contribution is -2.25. The summed E-state index contributed by atoms with van der Waals surface area (Å²) in [6, 6.07) is 27.9. The average Bonchev–Trinajstić information content (AvgIpc) is 3.05. The minimum absolute atomic E-state index is 0.0162. The molecule has 0 fully saturated rings. The summed E-state index contributed by atoms with van der Waals surface area (Å²) in [5.74, 6) is -0.340. The first kappa shape index (κ1) is 39.2. The molecule has 0 aliphatic heterocycles. The van der Waals surface area contributed by atoms with Crippen molar-refractivity contribution >= 4 is 31.6 Å². The molecule has 0 atom stereocenters. The number of carboxylic acids is 1. The molecule has 0 aliphatic carbocycles. The normalized spacial score (nSPS) is 11.6. The highest BCUT2D eigenvalue weighted by atomic mass is 32.2. The number of benzene rings is 4. The second-order valence-corrected chi connectivity index (χ2v) is 16.7. The Morgan fingerprint density at radius 2 is 0.918 bits per heavy atom. The van der Waals surface area contributed by atoms with Crippen LogP contribution < -0.4 is 5.32 Å². The van der Waals surface area contributed by atoms with E-state index in [0.717, 1.165) is 28.7 Å². The van der Waals surface area contributed by atoms with E-state index in [9.17, 15) is 26.4 Å². The van der Waals surface area contributed by atoms with E-state index in [-0.39, 0.29) is 23.8 Å². The molecule has 262 valence electrons. The third kappa shape index (κ3) is 12.6. The first-order valence-corrected chi connectivity index (χ1v) is 19.7. The van der Waals surface area contributed by atoms with Crippen molar-refractivity contribution < 1.29 is 31.5 Å². The molecule has 0 spiro atoms. The molecule has 0 bridgehead atoms. The van der Waals surface area contributed by atoms with Gasteiger partial charge in [0.2, 0.25) is 5.91 Å². The SMILES string of the molecule is CC(C)c1ccc(S(=O)(=O)Cc2ccc(CC(=O)O)cc2)cc1.CCCNC(=O)Cc1ccc(CS(=O)(=O)c2ccc(C(C)C)cc2)cc1. The van der Waals surface area contributed by atoms with E-state index < -0.39 is 25.6 Å². The van der Waals surface area contributed by atoms with Crippen molar-refractivity contribution in [1.29, 1.82) is 0 Å². The molecule has 10 heteroatoms. The lowest BCUT2D eigenvalue weighted by atomic mass is 10.0. The molecule has 1 amide bonds. The zero-order valence-electron chi connectivity index (χ0n) is 28.8. The van der Waals surface area contributed by atoms with Crippen LogP contribution in [0.2, 0.25) is 0 Å². The van der Waals surface area contributed by atoms with Crippen LogP contribution in [0, 0.1) is 0 Å². The highest BCUT2D eigenvalue weighted by molar-refractivity contribution is 7.91. The first-order chi connectivity index (χ1) is 23.1. The maximum atomic E-state index is 12.6. The van der Waals surface area contributed by atoms with Crippen LogP contribution in [-0.2, 0) is 53.6 Å². The monoisotopic (exact) mass is 705 g/mol. The molecule has 0 saturated carbocycles. The molecule has 0 saturated heterocycles. The van der Waals surface area contributed by atoms with Gasteiger partial charge in [-0.1, -0.05) is 107 Å². The maximum absolute atomic E-state index is 12.6. The molecule has 8 nitrogen and oxygen atoms in total. The third-order valence-corrected chi connectivity index (χ3v) is 11.3. The summed E-state index contributed by atoms with van der Waals surface area (Å²) >= 11 is 0. The van der Waals surface area contributed by atoms with Crippen LogP contribution >= 0.6 is 0 Å². The zero-order chi connectivity index (χ0) is 36.2. The van der Waals surface area contributed by atoms with E-state index >= 15 is 0 Å². The van der Waals surface area contributed by atoms with Crippen molar-refractivity contribution in [3.05, 3.63) is 130 Å². The molecule has 0 aliphatic rings. The first-order valence-electron chi connectivity index (χ1n) is 16.4. The van der Waals surface area contributed by atoms with Crippen LogP contribution in [0.5, 0.6) is 0 Å². The molecule has 4 aromatic carbocycles. The minimum atomic E-state index is -3.41. The number of aliphatic carboxylic acids is 1. The van der Waals surface area contributed by atoms with Crippen LogP contribution in [0.15, 0.2) is 107 Å². The average molecular weight is 706 g/mol. The Morgan fingerprint density at radius 3 is 1.24 bits per heavy atom. The molecule has 0 aromatic heterocycles. The van der Waals surface area contributed by atoms with Crippen molar-refractivity contribution in [3.8, 4) is 0 Å². The Kier molecular flexibility index (Phi) is 14.3. The van der Waals surface area contributed by atoms with E-state index in [2.05, 4.69) is 33.0 Å². The standard InChI is InChI=1S/C21H27NO3S.C18H20O4S/c1-4-13-22-21(23)14-17-5-7-18(8-6-17)15-26(24,25)20-11-9-19(10-12-20)16(2)3;1-13(2)16-7-9-17(10-8-16)23(21,22)12-15-5-3-14(4-6-15)11-18(19)20/h5-12,16H,4,13-15H2,1-3H3,(H,22,23);3-10,13H,11-12H2,1-2H3,(H,19,20). The predicted octanol–water partition coefficient (Wildman–Crippen LogP) is 7.26. The molecular formula is C39H47NO7S2. The summed E-state index contributed by atoms with van der Waals surface area (Å²) < 4.78 is 50.1. The largest absolute Gasteiger partial charge is 0.481 e. The molecule has 2 N–H and O–H groups in total. The Bertz CT molecular complexity index is 1880. The van der Waals surface area contributed by atoms with Gasteiger partial charge in [0.05, 0.1) is 34.1 Å². The molecule has 4 rings (SSSR count). The lowest BCUT2D eigenvalue weighted by molar-refractivity contribution is -0.136. The number of sulfone groups is 2. The summed E-state index contributed by atoms with van der Waals surface area (Å²) in [6.45, 7) is 10.9. The van der Waals surface area contributed by atoms with E-state index in [1.165, 1.54) is 0 Å². The molecule has 49 heavy (non-hydrogen) atoms. The predicted molar refractivity (Wildman–Crippen MR) is 194 cm³/mol. The summed E-state index contributed by atoms with van der Waals surface area (Å²) in [5, 5.41) is 11.6. The quantitative estimate of drug-likeness (QED) is 0.141. The van der Waals surface area contributed by atoms with Crippen molar-refractivity contribution in [1.82, 2.24) is 5.32 Å². The van der Waals surface area contributed by atoms with Crippen LogP contribution in [-0.4, -0.2) is 40.4 Å². The number of hydrogen-bond donors (Lipinski definition) is 2. The zero-order valence-corrected chi connectivity index (χ0v) is 30.5. The van der Waals surface area contributed by atoms with Gasteiger partial charge in [-0.2, -0.15) is 0 Å². The molecule has 0 radical (unpaired) electrons. The molecular weight excluding hydrogens is 659 g/mol. The fourth-order valence-electron chi connectivity index (χ4n) is 4.92. The number of hydrogen-bond acceptors (Lipinski definition) is 6. The van der Waals surface area contributed by atoms with E-state index in [0.29, 0.717) is 45.7 Å². The maximum Gasteiger partial charge on any atom is 0.307 e. The van der Waals surface area contributed by atoms with Crippen molar-refractivity contribution in [2.24, 2.45) is 0 Å². The van der Waals surface area contributed by atoms with Gasteiger partial charge in [-0.05, 0) is 75.9 Å². The van der Waals surface area contributed by atoms with Gasteiger partial charge in [0.25, 0.3) is 0 Å². The summed E-state index contributed by atoms with van der Waals surface area (Å²) in [6.07, 6.45) is 1.15. The second-order valence-electron chi connectivity index (χ2n) is 12.7. The Balaban J connectivity index is 0.000000267. The highest BCUT2D eigenvalue weighted by Crippen LogP contribution is 2.22. The van der Waals surface area contributed by atoms with E-state index in [1.807, 2.05) is 43.3 Å².